The van der Waals surface area contributed by atoms with Gasteiger partial charge >= 0.3 is 0 Å². The van der Waals surface area contributed by atoms with Crippen molar-refractivity contribution >= 4 is 30.3 Å². The number of benzene rings is 1. The molecule has 1 amide bonds. The van der Waals surface area contributed by atoms with E-state index in [0.717, 1.165) is 5.56 Å². The topological polar surface area (TPSA) is 107 Å². The summed E-state index contributed by atoms with van der Waals surface area (Å²) >= 11 is 4.35. The average molecular weight is 374 g/mol. The molecule has 1 N–H and O–H groups in total. The van der Waals surface area contributed by atoms with Gasteiger partial charge in [-0.05, 0) is 17.7 Å². The molecule has 3 rings (SSSR count). The van der Waals surface area contributed by atoms with Crippen LogP contribution in [0.4, 0.5) is 5.82 Å². The normalized spacial score (nSPS) is 13.0. The second-order valence-corrected chi connectivity index (χ2v) is 5.66. The van der Waals surface area contributed by atoms with Crippen molar-refractivity contribution < 1.29 is 19.5 Å². The lowest BCUT2D eigenvalue weighted by atomic mass is 10.0. The molecular formula is C16H14N4O5S. The molecule has 0 unspecified atom stereocenters. The fourth-order valence-electron chi connectivity index (χ4n) is 2.47. The van der Waals surface area contributed by atoms with Gasteiger partial charge in [0.05, 0.1) is 6.54 Å². The molecule has 0 spiro atoms. The largest absolute Gasteiger partial charge is 0.464 e. The van der Waals surface area contributed by atoms with Gasteiger partial charge in [-0.1, -0.05) is 43.1 Å². The monoisotopic (exact) mass is 374 g/mol. The summed E-state index contributed by atoms with van der Waals surface area (Å²) in [6, 6.07) is 12.3. The van der Waals surface area contributed by atoms with Crippen LogP contribution in [0.2, 0.25) is 0 Å². The van der Waals surface area contributed by atoms with E-state index in [2.05, 4.69) is 28.0 Å². The number of rotatable bonds is 6. The molecule has 0 radical (unpaired) electrons. The Morgan fingerprint density at radius 3 is 2.81 bits per heavy atom. The summed E-state index contributed by atoms with van der Waals surface area (Å²) in [6.07, 6.45) is 1.54. The second kappa shape index (κ2) is 7.74. The Morgan fingerprint density at radius 2 is 2.08 bits per heavy atom. The Morgan fingerprint density at radius 1 is 1.31 bits per heavy atom. The van der Waals surface area contributed by atoms with Crippen molar-refractivity contribution in [3.8, 4) is 0 Å². The molecule has 2 heterocycles. The molecule has 134 valence electrons. The van der Waals surface area contributed by atoms with Gasteiger partial charge < -0.3 is 14.4 Å². The van der Waals surface area contributed by atoms with E-state index in [0.29, 0.717) is 17.9 Å². The summed E-state index contributed by atoms with van der Waals surface area (Å²) in [7, 11) is 0. The number of aromatic nitrogens is 1. The van der Waals surface area contributed by atoms with Crippen LogP contribution in [0, 0.1) is 10.1 Å². The first-order chi connectivity index (χ1) is 12.6. The van der Waals surface area contributed by atoms with Crippen LogP contribution in [0.15, 0.2) is 54.4 Å². The Hall–Kier alpha value is -3.27. The van der Waals surface area contributed by atoms with Crippen molar-refractivity contribution in [1.82, 2.24) is 9.29 Å². The maximum Gasteiger partial charge on any atom is 0.297 e. The van der Waals surface area contributed by atoms with E-state index < -0.39 is 17.8 Å². The van der Waals surface area contributed by atoms with Crippen LogP contribution in [0.1, 0.15) is 11.1 Å². The number of pyridine rings is 1. The molecule has 9 nitrogen and oxygen atoms in total. The van der Waals surface area contributed by atoms with E-state index in [1.165, 1.54) is 4.31 Å². The van der Waals surface area contributed by atoms with Gasteiger partial charge in [-0.15, -0.1) is 10.1 Å². The minimum atomic E-state index is -0.971. The molecule has 1 aliphatic rings. The van der Waals surface area contributed by atoms with Crippen molar-refractivity contribution in [3.63, 3.8) is 0 Å². The first kappa shape index (κ1) is 17.5. The minimum Gasteiger partial charge on any atom is -0.464 e. The molecule has 0 saturated heterocycles. The number of nitrogens with one attached hydrogen (secondary N) is 1. The number of carbonyl (C=O) groups is 1. The van der Waals surface area contributed by atoms with Crippen molar-refractivity contribution in [2.45, 2.75) is 6.54 Å². The maximum atomic E-state index is 12.7. The van der Waals surface area contributed by atoms with Crippen LogP contribution in [-0.4, -0.2) is 27.1 Å². The third-order valence-electron chi connectivity index (χ3n) is 3.54. The number of fused-ring (bicyclic) bond motifs is 1. The van der Waals surface area contributed by atoms with Crippen molar-refractivity contribution in [3.05, 3.63) is 75.6 Å². The van der Waals surface area contributed by atoms with Gasteiger partial charge in [-0.2, -0.15) is 0 Å². The van der Waals surface area contributed by atoms with Crippen LogP contribution >= 0.6 is 12.8 Å². The molecule has 10 heteroatoms. The van der Waals surface area contributed by atoms with Crippen LogP contribution < -0.4 is 5.32 Å². The number of nitrogens with zero attached hydrogens (tertiary/aromatic N) is 3. The first-order valence-corrected chi connectivity index (χ1v) is 7.87. The smallest absolute Gasteiger partial charge is 0.297 e. The lowest BCUT2D eigenvalue weighted by Crippen LogP contribution is -2.30. The summed E-state index contributed by atoms with van der Waals surface area (Å²) in [6.45, 7) is -0.300. The number of amides is 1. The zero-order valence-electron chi connectivity index (χ0n) is 13.4. The summed E-state index contributed by atoms with van der Waals surface area (Å²) < 4.78 is 6.81. The summed E-state index contributed by atoms with van der Waals surface area (Å²) in [4.78, 5) is 31.4. The van der Waals surface area contributed by atoms with Gasteiger partial charge in [0.25, 0.3) is 11.0 Å². The van der Waals surface area contributed by atoms with Crippen LogP contribution in [0.25, 0.3) is 5.76 Å². The molecule has 0 bridgehead atoms. The van der Waals surface area contributed by atoms with E-state index in [9.17, 15) is 14.9 Å². The Labute approximate surface area is 153 Å². The fraction of sp³-hybridized carbons (Fsp3) is 0.125. The Bertz CT molecular complexity index is 859. The van der Waals surface area contributed by atoms with Crippen LogP contribution in [-0.2, 0) is 20.9 Å². The van der Waals surface area contributed by atoms with E-state index in [1.807, 2.05) is 12.1 Å². The Kier molecular flexibility index (Phi) is 5.23. The molecule has 0 saturated carbocycles. The molecule has 0 atom stereocenters. The predicted molar refractivity (Wildman–Crippen MR) is 94.8 cm³/mol. The number of carbonyl (C=O) groups excluding carboxylic acids is 1. The zero-order chi connectivity index (χ0) is 18.5. The molecule has 2 aromatic rings. The molecule has 0 fully saturated rings. The van der Waals surface area contributed by atoms with Gasteiger partial charge in [-0.3, -0.25) is 9.63 Å². The van der Waals surface area contributed by atoms with Gasteiger partial charge in [0.2, 0.25) is 6.79 Å². The molecular weight excluding hydrogens is 360 g/mol. The lowest BCUT2D eigenvalue weighted by Gasteiger charge is -2.29. The highest BCUT2D eigenvalue weighted by Gasteiger charge is 2.30. The van der Waals surface area contributed by atoms with Crippen molar-refractivity contribution in [2.24, 2.45) is 0 Å². The number of thiol groups is 1. The Balaban J connectivity index is 1.95. The van der Waals surface area contributed by atoms with Gasteiger partial charge in [0.1, 0.15) is 5.82 Å². The van der Waals surface area contributed by atoms with Crippen LogP contribution in [0.5, 0.6) is 0 Å². The molecule has 26 heavy (non-hydrogen) atoms. The lowest BCUT2D eigenvalue weighted by molar-refractivity contribution is -0.765. The molecule has 1 aromatic carbocycles. The molecule has 1 aromatic heterocycles. The third-order valence-corrected chi connectivity index (χ3v) is 3.88. The van der Waals surface area contributed by atoms with Crippen molar-refractivity contribution in [2.75, 3.05) is 12.1 Å². The van der Waals surface area contributed by atoms with E-state index in [4.69, 9.17) is 4.74 Å². The third kappa shape index (κ3) is 3.86. The number of hydrogen-bond acceptors (Lipinski definition) is 8. The quantitative estimate of drug-likeness (QED) is 0.346. The predicted octanol–water partition coefficient (Wildman–Crippen LogP) is 2.23. The van der Waals surface area contributed by atoms with E-state index in [-0.39, 0.29) is 11.5 Å². The van der Waals surface area contributed by atoms with Gasteiger partial charge in [0.15, 0.2) is 11.5 Å². The standard InChI is InChI=1S/C16H14N4O5S/c21-16(18-13-7-3-4-8-17-13)14-15(24-10-25-20(22)23)12-6-2-1-5-11(12)9-19(14)26/h1-8,26H,9-10H2,(H,17,18,21). The fourth-order valence-corrected chi connectivity index (χ4v) is 2.81. The van der Waals surface area contributed by atoms with Crippen LogP contribution in [0.3, 0.4) is 0 Å². The summed E-state index contributed by atoms with van der Waals surface area (Å²) in [5, 5.41) is 12.1. The molecule has 1 aliphatic heterocycles. The minimum absolute atomic E-state index is 0.102. The molecule has 0 aliphatic carbocycles. The highest BCUT2D eigenvalue weighted by molar-refractivity contribution is 7.77. The van der Waals surface area contributed by atoms with Gasteiger partial charge in [0, 0.05) is 11.8 Å². The summed E-state index contributed by atoms with van der Waals surface area (Å²) in [5.74, 6) is -0.0204. The average Bonchev–Trinajstić information content (AvgIpc) is 2.62. The number of anilines is 1. The van der Waals surface area contributed by atoms with E-state index in [1.54, 1.807) is 36.5 Å². The second-order valence-electron chi connectivity index (χ2n) is 5.18. The highest BCUT2D eigenvalue weighted by atomic mass is 32.1. The highest BCUT2D eigenvalue weighted by Crippen LogP contribution is 2.34. The first-order valence-electron chi connectivity index (χ1n) is 7.47. The summed E-state index contributed by atoms with van der Waals surface area (Å²) in [5.41, 5.74) is 1.59. The number of ether oxygens (including phenoxy) is 1. The maximum absolute atomic E-state index is 12.7. The number of hydrogen-bond donors (Lipinski definition) is 2. The van der Waals surface area contributed by atoms with E-state index >= 15 is 0 Å². The van der Waals surface area contributed by atoms with Gasteiger partial charge in [-0.25, -0.2) is 4.98 Å². The van der Waals surface area contributed by atoms with Crippen molar-refractivity contribution in [1.29, 1.82) is 0 Å². The zero-order valence-corrected chi connectivity index (χ0v) is 14.3. The SMILES string of the molecule is O=C(Nc1ccccn1)C1=C(OCO[N+](=O)[O-])c2ccccc2CN1S.